The van der Waals surface area contributed by atoms with Crippen LogP contribution in [-0.2, 0) is 14.6 Å². The maximum absolute atomic E-state index is 12.1. The second-order valence-corrected chi connectivity index (χ2v) is 8.66. The highest BCUT2D eigenvalue weighted by molar-refractivity contribution is 7.91. The Morgan fingerprint density at radius 3 is 2.68 bits per heavy atom. The van der Waals surface area contributed by atoms with E-state index < -0.39 is 15.8 Å². The molecule has 1 aromatic carbocycles. The number of hydrogen-bond acceptors (Lipinski definition) is 5. The molecule has 1 aliphatic rings. The van der Waals surface area contributed by atoms with Gasteiger partial charge in [-0.1, -0.05) is 23.7 Å². The van der Waals surface area contributed by atoms with E-state index in [4.69, 9.17) is 11.6 Å². The third-order valence-corrected chi connectivity index (χ3v) is 6.26. The number of carbonyl (C=O) groups excluding carboxylic acids is 1. The van der Waals surface area contributed by atoms with Crippen LogP contribution in [0.3, 0.4) is 0 Å². The van der Waals surface area contributed by atoms with Crippen LogP contribution in [0.5, 0.6) is 0 Å². The van der Waals surface area contributed by atoms with Crippen LogP contribution in [-0.4, -0.2) is 30.8 Å². The van der Waals surface area contributed by atoms with Gasteiger partial charge in [0.15, 0.2) is 15.0 Å². The fourth-order valence-electron chi connectivity index (χ4n) is 2.29. The Balaban J connectivity index is 1.69. The molecule has 0 spiro atoms. The smallest absolute Gasteiger partial charge is 0.230 e. The number of rotatable bonds is 3. The average Bonchev–Trinajstić information content (AvgIpc) is 3.06. The van der Waals surface area contributed by atoms with Gasteiger partial charge in [0.2, 0.25) is 5.91 Å². The van der Waals surface area contributed by atoms with Crippen LogP contribution in [0.25, 0.3) is 11.3 Å². The molecule has 0 saturated carbocycles. The molecule has 2 aromatic rings. The van der Waals surface area contributed by atoms with Crippen LogP contribution in [0.1, 0.15) is 6.42 Å². The Labute approximate surface area is 137 Å². The Hall–Kier alpha value is -1.44. The largest absolute Gasteiger partial charge is 0.302 e. The molecule has 22 heavy (non-hydrogen) atoms. The van der Waals surface area contributed by atoms with Gasteiger partial charge in [0.05, 0.1) is 23.1 Å². The second kappa shape index (κ2) is 5.98. The number of halogens is 1. The number of nitrogens with one attached hydrogen (secondary N) is 1. The fraction of sp³-hybridized carbons (Fsp3) is 0.286. The number of sulfone groups is 1. The molecule has 1 saturated heterocycles. The van der Waals surface area contributed by atoms with E-state index >= 15 is 0 Å². The summed E-state index contributed by atoms with van der Waals surface area (Å²) in [5.41, 5.74) is 1.65. The van der Waals surface area contributed by atoms with Gasteiger partial charge in [-0.3, -0.25) is 4.79 Å². The van der Waals surface area contributed by atoms with Gasteiger partial charge in [-0.05, 0) is 18.6 Å². The summed E-state index contributed by atoms with van der Waals surface area (Å²) in [5, 5.41) is 5.66. The van der Waals surface area contributed by atoms with Gasteiger partial charge in [0, 0.05) is 16.0 Å². The summed E-state index contributed by atoms with van der Waals surface area (Å²) < 4.78 is 22.8. The number of benzene rings is 1. The third-order valence-electron chi connectivity index (χ3n) is 3.48. The average molecular weight is 357 g/mol. The van der Waals surface area contributed by atoms with Crippen molar-refractivity contribution in [2.24, 2.45) is 5.92 Å². The van der Waals surface area contributed by atoms with Crippen LogP contribution in [0.2, 0.25) is 5.02 Å². The lowest BCUT2D eigenvalue weighted by Gasteiger charge is -2.06. The molecule has 116 valence electrons. The third kappa shape index (κ3) is 3.48. The number of carbonyl (C=O) groups is 1. The maximum atomic E-state index is 12.1. The minimum absolute atomic E-state index is 0.0751. The van der Waals surface area contributed by atoms with E-state index in [0.29, 0.717) is 16.6 Å². The highest BCUT2D eigenvalue weighted by Crippen LogP contribution is 2.27. The van der Waals surface area contributed by atoms with Gasteiger partial charge in [-0.15, -0.1) is 11.3 Å². The lowest BCUT2D eigenvalue weighted by atomic mass is 10.1. The minimum atomic E-state index is -3.06. The molecule has 3 rings (SSSR count). The number of aromatic nitrogens is 1. The Morgan fingerprint density at radius 1 is 1.32 bits per heavy atom. The Kier molecular flexibility index (Phi) is 4.20. The number of thiazole rings is 1. The minimum Gasteiger partial charge on any atom is -0.302 e. The van der Waals surface area contributed by atoms with Crippen molar-refractivity contribution in [3.63, 3.8) is 0 Å². The summed E-state index contributed by atoms with van der Waals surface area (Å²) in [6.07, 6.45) is 0.379. The quantitative estimate of drug-likeness (QED) is 0.917. The fourth-order valence-corrected chi connectivity index (χ4v) is 4.88. The molecule has 1 amide bonds. The summed E-state index contributed by atoms with van der Waals surface area (Å²) in [7, 11) is -3.06. The first-order valence-corrected chi connectivity index (χ1v) is 9.74. The predicted octanol–water partition coefficient (Wildman–Crippen LogP) is 2.84. The molecule has 2 heterocycles. The van der Waals surface area contributed by atoms with Crippen LogP contribution < -0.4 is 5.32 Å². The lowest BCUT2D eigenvalue weighted by molar-refractivity contribution is -0.119. The van der Waals surface area contributed by atoms with Crippen molar-refractivity contribution in [3.8, 4) is 11.3 Å². The topological polar surface area (TPSA) is 76.1 Å². The molecule has 5 nitrogen and oxygen atoms in total. The van der Waals surface area contributed by atoms with Crippen LogP contribution in [0.4, 0.5) is 5.13 Å². The van der Waals surface area contributed by atoms with E-state index in [2.05, 4.69) is 10.3 Å². The first-order chi connectivity index (χ1) is 10.4. The van der Waals surface area contributed by atoms with Crippen molar-refractivity contribution < 1.29 is 13.2 Å². The van der Waals surface area contributed by atoms with Crippen molar-refractivity contribution in [2.45, 2.75) is 6.42 Å². The molecule has 0 radical (unpaired) electrons. The van der Waals surface area contributed by atoms with Crippen LogP contribution in [0, 0.1) is 5.92 Å². The molecule has 1 N–H and O–H groups in total. The van der Waals surface area contributed by atoms with Gasteiger partial charge in [-0.25, -0.2) is 13.4 Å². The van der Waals surface area contributed by atoms with E-state index in [-0.39, 0.29) is 17.4 Å². The molecule has 1 fully saturated rings. The molecule has 1 aromatic heterocycles. The van der Waals surface area contributed by atoms with Gasteiger partial charge >= 0.3 is 0 Å². The molecule has 8 heteroatoms. The van der Waals surface area contributed by atoms with Crippen molar-refractivity contribution in [1.29, 1.82) is 0 Å². The van der Waals surface area contributed by atoms with Crippen molar-refractivity contribution in [2.75, 3.05) is 16.8 Å². The zero-order chi connectivity index (χ0) is 15.7. The van der Waals surface area contributed by atoms with E-state index in [1.165, 1.54) is 11.3 Å². The van der Waals surface area contributed by atoms with E-state index in [1.807, 2.05) is 17.5 Å². The number of amides is 1. The van der Waals surface area contributed by atoms with Gasteiger partial charge < -0.3 is 5.32 Å². The summed E-state index contributed by atoms with van der Waals surface area (Å²) in [5.74, 6) is -0.751. The number of nitrogens with zero attached hydrogens (tertiary/aromatic N) is 1. The molecule has 1 atom stereocenters. The van der Waals surface area contributed by atoms with Crippen molar-refractivity contribution in [1.82, 2.24) is 4.98 Å². The first kappa shape index (κ1) is 15.5. The SMILES string of the molecule is O=C(Nc1nc(-c2ccc(Cl)cc2)cs1)[C@@H]1CCS(=O)(=O)C1. The molecule has 0 unspecified atom stereocenters. The first-order valence-electron chi connectivity index (χ1n) is 6.66. The van der Waals surface area contributed by atoms with Crippen LogP contribution >= 0.6 is 22.9 Å². The van der Waals surface area contributed by atoms with Crippen LogP contribution in [0.15, 0.2) is 29.6 Å². The standard InChI is InChI=1S/C14H13ClN2O3S2/c15-11-3-1-9(2-4-11)12-7-21-14(16-12)17-13(18)10-5-6-22(19,20)8-10/h1-4,7,10H,5-6,8H2,(H,16,17,18)/t10-/m1/s1. The predicted molar refractivity (Wildman–Crippen MR) is 88.0 cm³/mol. The Bertz CT molecular complexity index is 800. The molecule has 1 aliphatic heterocycles. The highest BCUT2D eigenvalue weighted by Gasteiger charge is 2.33. The molecular weight excluding hydrogens is 344 g/mol. The monoisotopic (exact) mass is 356 g/mol. The zero-order valence-corrected chi connectivity index (χ0v) is 13.8. The summed E-state index contributed by atoms with van der Waals surface area (Å²) >= 11 is 7.16. The molecule has 0 bridgehead atoms. The van der Waals surface area contributed by atoms with Crippen molar-refractivity contribution in [3.05, 3.63) is 34.7 Å². The molecule has 0 aliphatic carbocycles. The van der Waals surface area contributed by atoms with E-state index in [9.17, 15) is 13.2 Å². The highest BCUT2D eigenvalue weighted by atomic mass is 35.5. The summed E-state index contributed by atoms with van der Waals surface area (Å²) in [6, 6.07) is 7.26. The summed E-state index contributed by atoms with van der Waals surface area (Å²) in [4.78, 5) is 16.4. The van der Waals surface area contributed by atoms with Gasteiger partial charge in [-0.2, -0.15) is 0 Å². The van der Waals surface area contributed by atoms with Crippen molar-refractivity contribution >= 4 is 43.8 Å². The summed E-state index contributed by atoms with van der Waals surface area (Å²) in [6.45, 7) is 0. The Morgan fingerprint density at radius 2 is 2.05 bits per heavy atom. The maximum Gasteiger partial charge on any atom is 0.230 e. The van der Waals surface area contributed by atoms with E-state index in [1.54, 1.807) is 12.1 Å². The van der Waals surface area contributed by atoms with E-state index in [0.717, 1.165) is 11.3 Å². The number of anilines is 1. The second-order valence-electron chi connectivity index (χ2n) is 5.13. The molecular formula is C14H13ClN2O3S2. The normalized spacial score (nSPS) is 20.0. The van der Waals surface area contributed by atoms with Gasteiger partial charge in [0.1, 0.15) is 0 Å². The lowest BCUT2D eigenvalue weighted by Crippen LogP contribution is -2.23. The zero-order valence-electron chi connectivity index (χ0n) is 11.5. The number of hydrogen-bond donors (Lipinski definition) is 1. The van der Waals surface area contributed by atoms with Gasteiger partial charge in [0.25, 0.3) is 0 Å².